The van der Waals surface area contributed by atoms with Crippen molar-refractivity contribution in [3.63, 3.8) is 0 Å². The minimum Gasteiger partial charge on any atom is -0.491 e. The molecule has 5 heteroatoms. The third kappa shape index (κ3) is 4.19. The van der Waals surface area contributed by atoms with Gasteiger partial charge >= 0.3 is 0 Å². The number of hydrogen-bond donors (Lipinski definition) is 0. The maximum absolute atomic E-state index is 14.3. The summed E-state index contributed by atoms with van der Waals surface area (Å²) in [7, 11) is 0. The van der Waals surface area contributed by atoms with Gasteiger partial charge in [0.25, 0.3) is 0 Å². The van der Waals surface area contributed by atoms with E-state index in [1.54, 1.807) is 49.4 Å². The standard InChI is InChI=1S/C23H19F3O2/c1-3-15-5-6-17(20(24)13-15)14-28-18-9-7-16(8-10-18)19-11-12-21(27-4-2)23(26)22(19)25/h3,5-13H,1,4,14H2,2H3. The first-order valence-corrected chi connectivity index (χ1v) is 8.78. The lowest BCUT2D eigenvalue weighted by Gasteiger charge is -2.11. The van der Waals surface area contributed by atoms with Gasteiger partial charge in [-0.25, -0.2) is 8.78 Å². The zero-order chi connectivity index (χ0) is 20.1. The average Bonchev–Trinajstić information content (AvgIpc) is 2.71. The van der Waals surface area contributed by atoms with E-state index in [1.165, 1.54) is 18.2 Å². The van der Waals surface area contributed by atoms with Crippen molar-refractivity contribution in [2.45, 2.75) is 13.5 Å². The molecule has 0 saturated heterocycles. The molecular weight excluding hydrogens is 365 g/mol. The Hall–Kier alpha value is -3.21. The largest absolute Gasteiger partial charge is 0.491 e. The van der Waals surface area contributed by atoms with Gasteiger partial charge in [-0.05, 0) is 48.4 Å². The van der Waals surface area contributed by atoms with E-state index in [0.717, 1.165) is 0 Å². The summed E-state index contributed by atoms with van der Waals surface area (Å²) in [6.07, 6.45) is 1.56. The first-order chi connectivity index (χ1) is 13.5. The van der Waals surface area contributed by atoms with E-state index in [2.05, 4.69) is 6.58 Å². The molecule has 0 heterocycles. The van der Waals surface area contributed by atoms with Gasteiger partial charge in [-0.15, -0.1) is 0 Å². The third-order valence-corrected chi connectivity index (χ3v) is 4.22. The summed E-state index contributed by atoms with van der Waals surface area (Å²) in [5.41, 5.74) is 1.72. The number of hydrogen-bond acceptors (Lipinski definition) is 2. The molecule has 28 heavy (non-hydrogen) atoms. The van der Waals surface area contributed by atoms with Gasteiger partial charge in [-0.1, -0.05) is 36.9 Å². The van der Waals surface area contributed by atoms with Crippen molar-refractivity contribution in [2.24, 2.45) is 0 Å². The molecule has 144 valence electrons. The van der Waals surface area contributed by atoms with Crippen LogP contribution in [0.1, 0.15) is 18.1 Å². The third-order valence-electron chi connectivity index (χ3n) is 4.22. The normalized spacial score (nSPS) is 10.6. The van der Waals surface area contributed by atoms with Crippen molar-refractivity contribution in [1.29, 1.82) is 0 Å². The van der Waals surface area contributed by atoms with E-state index in [-0.39, 0.29) is 30.3 Å². The molecule has 0 bridgehead atoms. The molecule has 0 fully saturated rings. The minimum absolute atomic E-state index is 0.0502. The Morgan fingerprint density at radius 1 is 0.893 bits per heavy atom. The van der Waals surface area contributed by atoms with Crippen molar-refractivity contribution in [2.75, 3.05) is 6.61 Å². The summed E-state index contributed by atoms with van der Waals surface area (Å²) in [5.74, 6) is -1.99. The highest BCUT2D eigenvalue weighted by Crippen LogP contribution is 2.31. The molecule has 0 radical (unpaired) electrons. The Bertz CT molecular complexity index is 982. The molecule has 0 saturated carbocycles. The van der Waals surface area contributed by atoms with E-state index < -0.39 is 11.6 Å². The van der Waals surface area contributed by atoms with Crippen molar-refractivity contribution in [1.82, 2.24) is 0 Å². The lowest BCUT2D eigenvalue weighted by Crippen LogP contribution is -1.99. The molecule has 0 atom stereocenters. The minimum atomic E-state index is -1.02. The fourth-order valence-electron chi connectivity index (χ4n) is 2.72. The zero-order valence-electron chi connectivity index (χ0n) is 15.3. The second-order valence-corrected chi connectivity index (χ2v) is 6.04. The van der Waals surface area contributed by atoms with Crippen molar-refractivity contribution in [3.05, 3.63) is 89.8 Å². The predicted molar refractivity (Wildman–Crippen MR) is 104 cm³/mol. The molecule has 0 N–H and O–H groups in total. The van der Waals surface area contributed by atoms with Crippen LogP contribution in [0.4, 0.5) is 13.2 Å². The molecule has 3 aromatic rings. The van der Waals surface area contributed by atoms with Gasteiger partial charge in [0.1, 0.15) is 18.2 Å². The smallest absolute Gasteiger partial charge is 0.201 e. The Balaban J connectivity index is 1.73. The van der Waals surface area contributed by atoms with Crippen LogP contribution >= 0.6 is 0 Å². The summed E-state index contributed by atoms with van der Waals surface area (Å²) < 4.78 is 53.0. The first-order valence-electron chi connectivity index (χ1n) is 8.78. The van der Waals surface area contributed by atoms with Crippen molar-refractivity contribution < 1.29 is 22.6 Å². The van der Waals surface area contributed by atoms with Crippen LogP contribution in [0.3, 0.4) is 0 Å². The van der Waals surface area contributed by atoms with Gasteiger partial charge < -0.3 is 9.47 Å². The number of ether oxygens (including phenoxy) is 2. The molecule has 0 aliphatic carbocycles. The van der Waals surface area contributed by atoms with Crippen molar-refractivity contribution >= 4 is 6.08 Å². The van der Waals surface area contributed by atoms with Gasteiger partial charge in [-0.3, -0.25) is 0 Å². The van der Waals surface area contributed by atoms with Crippen LogP contribution in [-0.2, 0) is 6.61 Å². The number of halogens is 3. The maximum Gasteiger partial charge on any atom is 0.201 e. The lowest BCUT2D eigenvalue weighted by molar-refractivity contribution is 0.300. The molecule has 0 aliphatic heterocycles. The molecule has 0 aliphatic rings. The molecule has 0 spiro atoms. The van der Waals surface area contributed by atoms with E-state index in [1.807, 2.05) is 0 Å². The summed E-state index contributed by atoms with van der Waals surface area (Å²) in [4.78, 5) is 0. The zero-order valence-corrected chi connectivity index (χ0v) is 15.3. The van der Waals surface area contributed by atoms with Gasteiger partial charge in [-0.2, -0.15) is 4.39 Å². The topological polar surface area (TPSA) is 18.5 Å². The van der Waals surface area contributed by atoms with E-state index >= 15 is 0 Å². The highest BCUT2D eigenvalue weighted by atomic mass is 19.2. The Labute approximate surface area is 161 Å². The second kappa shape index (κ2) is 8.65. The Morgan fingerprint density at radius 2 is 1.64 bits per heavy atom. The molecule has 0 amide bonds. The van der Waals surface area contributed by atoms with Crippen LogP contribution in [0.15, 0.2) is 61.2 Å². The van der Waals surface area contributed by atoms with E-state index in [0.29, 0.717) is 22.4 Å². The Morgan fingerprint density at radius 3 is 2.29 bits per heavy atom. The fourth-order valence-corrected chi connectivity index (χ4v) is 2.72. The molecule has 0 aromatic heterocycles. The molecule has 0 unspecified atom stereocenters. The van der Waals surface area contributed by atoms with Crippen LogP contribution in [0.2, 0.25) is 0 Å². The number of benzene rings is 3. The summed E-state index contributed by atoms with van der Waals surface area (Å²) >= 11 is 0. The quantitative estimate of drug-likeness (QED) is 0.470. The molecular formula is C23H19F3O2. The lowest BCUT2D eigenvalue weighted by atomic mass is 10.0. The summed E-state index contributed by atoms with van der Waals surface area (Å²) in [6, 6.07) is 14.1. The second-order valence-electron chi connectivity index (χ2n) is 6.04. The highest BCUT2D eigenvalue weighted by Gasteiger charge is 2.15. The van der Waals surface area contributed by atoms with Gasteiger partial charge in [0.05, 0.1) is 6.61 Å². The van der Waals surface area contributed by atoms with Crippen molar-refractivity contribution in [3.8, 4) is 22.6 Å². The maximum atomic E-state index is 14.3. The first kappa shape index (κ1) is 19.5. The SMILES string of the molecule is C=Cc1ccc(COc2ccc(-c3ccc(OCC)c(F)c3F)cc2)c(F)c1. The van der Waals surface area contributed by atoms with Gasteiger partial charge in [0.2, 0.25) is 5.82 Å². The number of rotatable bonds is 7. The van der Waals surface area contributed by atoms with Crippen LogP contribution in [-0.4, -0.2) is 6.61 Å². The van der Waals surface area contributed by atoms with E-state index in [9.17, 15) is 13.2 Å². The van der Waals surface area contributed by atoms with Crippen LogP contribution in [0, 0.1) is 17.5 Å². The Kier molecular flexibility index (Phi) is 6.04. The van der Waals surface area contributed by atoms with Gasteiger partial charge in [0.15, 0.2) is 11.6 Å². The highest BCUT2D eigenvalue weighted by molar-refractivity contribution is 5.66. The van der Waals surface area contributed by atoms with Gasteiger partial charge in [0, 0.05) is 11.1 Å². The van der Waals surface area contributed by atoms with E-state index in [4.69, 9.17) is 9.47 Å². The average molecular weight is 384 g/mol. The summed E-state index contributed by atoms with van der Waals surface area (Å²) in [5, 5.41) is 0. The molecule has 3 aromatic carbocycles. The monoisotopic (exact) mass is 384 g/mol. The fraction of sp³-hybridized carbons (Fsp3) is 0.130. The predicted octanol–water partition coefficient (Wildman–Crippen LogP) is 6.39. The molecule has 2 nitrogen and oxygen atoms in total. The van der Waals surface area contributed by atoms with Crippen LogP contribution < -0.4 is 9.47 Å². The molecule has 3 rings (SSSR count). The van der Waals surface area contributed by atoms with Crippen LogP contribution in [0.25, 0.3) is 17.2 Å². The summed E-state index contributed by atoms with van der Waals surface area (Å²) in [6.45, 7) is 5.60. The van der Waals surface area contributed by atoms with Crippen LogP contribution in [0.5, 0.6) is 11.5 Å².